The van der Waals surface area contributed by atoms with Crippen LogP contribution in [0.15, 0.2) is 24.5 Å². The van der Waals surface area contributed by atoms with Crippen LogP contribution in [0.25, 0.3) is 11.0 Å². The second kappa shape index (κ2) is 3.58. The zero-order valence-corrected chi connectivity index (χ0v) is 7.87. The van der Waals surface area contributed by atoms with E-state index in [-0.39, 0.29) is 5.56 Å². The number of aromatic nitrogens is 2. The number of hydrogen-bond donors (Lipinski definition) is 2. The van der Waals surface area contributed by atoms with Crippen LogP contribution in [0.5, 0.6) is 0 Å². The van der Waals surface area contributed by atoms with Gasteiger partial charge in [0.1, 0.15) is 0 Å². The number of nitrogens with zero attached hydrogens (tertiary/aromatic N) is 1. The van der Waals surface area contributed by atoms with Gasteiger partial charge in [-0.3, -0.25) is 0 Å². The Morgan fingerprint density at radius 2 is 2.20 bits per heavy atom. The van der Waals surface area contributed by atoms with Crippen LogP contribution in [-0.4, -0.2) is 21.7 Å². The van der Waals surface area contributed by atoms with E-state index in [2.05, 4.69) is 9.97 Å². The van der Waals surface area contributed by atoms with Crippen LogP contribution in [-0.2, 0) is 5.92 Å². The standard InChI is InChI=1S/C10H10F2N2O/c11-10(12,3-4-15)7-1-2-8-9(5-7)14-6-13-8/h1-2,5-6,15H,3-4H2,(H,13,14). The predicted octanol–water partition coefficient (Wildman–Crippen LogP) is 2.04. The van der Waals surface area contributed by atoms with E-state index in [1.165, 1.54) is 24.5 Å². The van der Waals surface area contributed by atoms with Crippen LogP contribution in [0.1, 0.15) is 12.0 Å². The van der Waals surface area contributed by atoms with Crippen molar-refractivity contribution in [2.75, 3.05) is 6.61 Å². The number of halogens is 2. The molecule has 1 aromatic carbocycles. The van der Waals surface area contributed by atoms with Gasteiger partial charge in [-0.05, 0) is 12.1 Å². The highest BCUT2D eigenvalue weighted by Gasteiger charge is 2.30. The maximum atomic E-state index is 13.4. The summed E-state index contributed by atoms with van der Waals surface area (Å²) in [7, 11) is 0. The summed E-state index contributed by atoms with van der Waals surface area (Å²) in [5, 5.41) is 8.54. The van der Waals surface area contributed by atoms with E-state index in [1.54, 1.807) is 0 Å². The lowest BCUT2D eigenvalue weighted by atomic mass is 10.1. The van der Waals surface area contributed by atoms with E-state index in [9.17, 15) is 8.78 Å². The van der Waals surface area contributed by atoms with Gasteiger partial charge in [-0.1, -0.05) is 6.07 Å². The van der Waals surface area contributed by atoms with E-state index in [0.717, 1.165) is 0 Å². The zero-order chi connectivity index (χ0) is 10.9. The van der Waals surface area contributed by atoms with E-state index in [0.29, 0.717) is 11.0 Å². The molecule has 0 aliphatic heterocycles. The van der Waals surface area contributed by atoms with Crippen molar-refractivity contribution in [3.05, 3.63) is 30.1 Å². The van der Waals surface area contributed by atoms with Crippen molar-refractivity contribution < 1.29 is 13.9 Å². The highest BCUT2D eigenvalue weighted by molar-refractivity contribution is 5.75. The maximum Gasteiger partial charge on any atom is 0.275 e. The third kappa shape index (κ3) is 1.83. The second-order valence-electron chi connectivity index (χ2n) is 3.31. The van der Waals surface area contributed by atoms with Crippen LogP contribution >= 0.6 is 0 Å². The first-order chi connectivity index (χ1) is 7.13. The zero-order valence-electron chi connectivity index (χ0n) is 7.87. The maximum absolute atomic E-state index is 13.4. The summed E-state index contributed by atoms with van der Waals surface area (Å²) >= 11 is 0. The largest absolute Gasteiger partial charge is 0.396 e. The molecule has 2 rings (SSSR count). The van der Waals surface area contributed by atoms with Crippen molar-refractivity contribution in [2.24, 2.45) is 0 Å². The molecule has 80 valence electrons. The van der Waals surface area contributed by atoms with Crippen LogP contribution in [0.2, 0.25) is 0 Å². The van der Waals surface area contributed by atoms with Crippen molar-refractivity contribution in [2.45, 2.75) is 12.3 Å². The number of imidazole rings is 1. The molecule has 2 aromatic rings. The first-order valence-corrected chi connectivity index (χ1v) is 4.56. The van der Waals surface area contributed by atoms with Crippen LogP contribution < -0.4 is 0 Å². The van der Waals surface area contributed by atoms with Crippen molar-refractivity contribution in [3.8, 4) is 0 Å². The van der Waals surface area contributed by atoms with Gasteiger partial charge >= 0.3 is 0 Å². The summed E-state index contributed by atoms with van der Waals surface area (Å²) in [4.78, 5) is 6.71. The Kier molecular flexibility index (Phi) is 2.40. The van der Waals surface area contributed by atoms with Gasteiger partial charge in [0.05, 0.1) is 17.4 Å². The Morgan fingerprint density at radius 1 is 1.40 bits per heavy atom. The third-order valence-corrected chi connectivity index (χ3v) is 2.27. The Morgan fingerprint density at radius 3 is 2.93 bits per heavy atom. The molecule has 1 heterocycles. The van der Waals surface area contributed by atoms with E-state index in [4.69, 9.17) is 5.11 Å². The molecular weight excluding hydrogens is 202 g/mol. The third-order valence-electron chi connectivity index (χ3n) is 2.27. The molecule has 0 saturated carbocycles. The minimum absolute atomic E-state index is 0.103. The molecule has 5 heteroatoms. The fourth-order valence-corrected chi connectivity index (χ4v) is 1.45. The lowest BCUT2D eigenvalue weighted by Gasteiger charge is -2.14. The fraction of sp³-hybridized carbons (Fsp3) is 0.300. The molecule has 1 aromatic heterocycles. The molecule has 0 unspecified atom stereocenters. The van der Waals surface area contributed by atoms with Gasteiger partial charge < -0.3 is 10.1 Å². The van der Waals surface area contributed by atoms with E-state index < -0.39 is 19.0 Å². The molecule has 0 saturated heterocycles. The van der Waals surface area contributed by atoms with Gasteiger partial charge in [0.15, 0.2) is 0 Å². The summed E-state index contributed by atoms with van der Waals surface area (Å²) in [6.45, 7) is -0.534. The Balaban J connectivity index is 2.42. The summed E-state index contributed by atoms with van der Waals surface area (Å²) < 4.78 is 26.8. The number of alkyl halides is 2. The molecule has 0 aliphatic carbocycles. The van der Waals surface area contributed by atoms with E-state index in [1.807, 2.05) is 0 Å². The molecule has 3 nitrogen and oxygen atoms in total. The van der Waals surface area contributed by atoms with Crippen LogP contribution in [0.3, 0.4) is 0 Å². The number of aromatic amines is 1. The Bertz CT molecular complexity index is 467. The van der Waals surface area contributed by atoms with Crippen molar-refractivity contribution in [1.82, 2.24) is 9.97 Å². The minimum atomic E-state index is -2.99. The van der Waals surface area contributed by atoms with Gasteiger partial charge in [0.25, 0.3) is 5.92 Å². The summed E-state index contributed by atoms with van der Waals surface area (Å²) in [6, 6.07) is 4.23. The predicted molar refractivity (Wildman–Crippen MR) is 51.7 cm³/mol. The quantitative estimate of drug-likeness (QED) is 0.817. The molecule has 0 atom stereocenters. The fourth-order valence-electron chi connectivity index (χ4n) is 1.45. The van der Waals surface area contributed by atoms with Gasteiger partial charge in [0.2, 0.25) is 0 Å². The van der Waals surface area contributed by atoms with Crippen molar-refractivity contribution >= 4 is 11.0 Å². The van der Waals surface area contributed by atoms with Crippen molar-refractivity contribution in [3.63, 3.8) is 0 Å². The number of aliphatic hydroxyl groups is 1. The van der Waals surface area contributed by atoms with Crippen LogP contribution in [0.4, 0.5) is 8.78 Å². The first-order valence-electron chi connectivity index (χ1n) is 4.56. The van der Waals surface area contributed by atoms with Gasteiger partial charge in [-0.2, -0.15) is 0 Å². The summed E-state index contributed by atoms with van der Waals surface area (Å²) in [6.07, 6.45) is 0.894. The number of benzene rings is 1. The average Bonchev–Trinajstić information content (AvgIpc) is 2.63. The highest BCUT2D eigenvalue weighted by atomic mass is 19.3. The number of nitrogens with one attached hydrogen (secondary N) is 1. The minimum Gasteiger partial charge on any atom is -0.396 e. The van der Waals surface area contributed by atoms with Crippen LogP contribution in [0, 0.1) is 0 Å². The summed E-state index contributed by atoms with van der Waals surface area (Å²) in [5.41, 5.74) is 1.12. The van der Waals surface area contributed by atoms with Gasteiger partial charge in [-0.25, -0.2) is 13.8 Å². The Hall–Kier alpha value is -1.49. The molecule has 0 radical (unpaired) electrons. The smallest absolute Gasteiger partial charge is 0.275 e. The second-order valence-corrected chi connectivity index (χ2v) is 3.31. The van der Waals surface area contributed by atoms with Gasteiger partial charge in [-0.15, -0.1) is 0 Å². The number of hydrogen-bond acceptors (Lipinski definition) is 2. The topological polar surface area (TPSA) is 48.9 Å². The normalized spacial score (nSPS) is 12.2. The molecule has 0 aliphatic rings. The van der Waals surface area contributed by atoms with Crippen molar-refractivity contribution in [1.29, 1.82) is 0 Å². The molecule has 0 bridgehead atoms. The monoisotopic (exact) mass is 212 g/mol. The molecule has 0 amide bonds. The lowest BCUT2D eigenvalue weighted by Crippen LogP contribution is -2.15. The first kappa shape index (κ1) is 10.0. The molecule has 0 fully saturated rings. The average molecular weight is 212 g/mol. The summed E-state index contributed by atoms with van der Waals surface area (Å²) in [5.74, 6) is -2.99. The molecule has 0 spiro atoms. The number of fused-ring (bicyclic) bond motifs is 1. The lowest BCUT2D eigenvalue weighted by molar-refractivity contribution is -0.0268. The van der Waals surface area contributed by atoms with Gasteiger partial charge in [0, 0.05) is 18.6 Å². The SMILES string of the molecule is OCCC(F)(F)c1ccc2nc[nH]c2c1. The number of H-pyrrole nitrogens is 1. The van der Waals surface area contributed by atoms with E-state index >= 15 is 0 Å². The number of rotatable bonds is 3. The molecule has 2 N–H and O–H groups in total. The number of aliphatic hydroxyl groups excluding tert-OH is 1. The molecular formula is C10H10F2N2O. The Labute approximate surface area is 84.8 Å². The highest BCUT2D eigenvalue weighted by Crippen LogP contribution is 2.32. The molecule has 15 heavy (non-hydrogen) atoms.